The number of nitrogens with zero attached hydrogens (tertiary/aromatic N) is 2. The Kier molecular flexibility index (Phi) is 7.10. The van der Waals surface area contributed by atoms with E-state index in [0.717, 1.165) is 0 Å². The molecule has 0 radical (unpaired) electrons. The highest BCUT2D eigenvalue weighted by Crippen LogP contribution is 2.49. The Morgan fingerprint density at radius 3 is 2.26 bits per heavy atom. The van der Waals surface area contributed by atoms with Crippen molar-refractivity contribution in [3.63, 3.8) is 0 Å². The fourth-order valence-corrected chi connectivity index (χ4v) is 5.22. The Hall–Kier alpha value is -2.74. The molecule has 10 heteroatoms. The van der Waals surface area contributed by atoms with Crippen molar-refractivity contribution in [2.24, 2.45) is 0 Å². The predicted molar refractivity (Wildman–Crippen MR) is 116 cm³/mol. The largest absolute Gasteiger partial charge is 0.504 e. The van der Waals surface area contributed by atoms with Gasteiger partial charge in [0.05, 0.1) is 25.4 Å². The van der Waals surface area contributed by atoms with Crippen molar-refractivity contribution in [1.82, 2.24) is 4.90 Å². The molecule has 1 aliphatic rings. The van der Waals surface area contributed by atoms with Gasteiger partial charge in [-0.25, -0.2) is 4.79 Å². The Bertz CT molecular complexity index is 960. The van der Waals surface area contributed by atoms with E-state index in [1.807, 2.05) is 6.07 Å². The van der Waals surface area contributed by atoms with Crippen LogP contribution < -0.4 is 4.90 Å². The van der Waals surface area contributed by atoms with Crippen LogP contribution in [0, 0.1) is 0 Å². The van der Waals surface area contributed by atoms with Crippen LogP contribution in [-0.4, -0.2) is 58.7 Å². The minimum atomic E-state index is -3.34. The highest BCUT2D eigenvalue weighted by atomic mass is 31.2. The number of hydrogen-bond donors (Lipinski definition) is 3. The summed E-state index contributed by atoms with van der Waals surface area (Å²) >= 11 is 0. The highest BCUT2D eigenvalue weighted by molar-refractivity contribution is 7.53. The van der Waals surface area contributed by atoms with Crippen LogP contribution in [0.25, 0.3) is 0 Å². The smallest absolute Gasteiger partial charge is 0.332 e. The number of carbonyl (C=O) groups excluding carboxylic acids is 1. The minimum Gasteiger partial charge on any atom is -0.504 e. The predicted octanol–water partition coefficient (Wildman–Crippen LogP) is 4.05. The summed E-state index contributed by atoms with van der Waals surface area (Å²) in [6.45, 7) is 4.19. The molecule has 1 atom stereocenters. The second kappa shape index (κ2) is 9.60. The van der Waals surface area contributed by atoms with Crippen LogP contribution in [-0.2, 0) is 13.6 Å². The first-order valence-electron chi connectivity index (χ1n) is 10.1. The van der Waals surface area contributed by atoms with E-state index in [9.17, 15) is 24.7 Å². The third kappa shape index (κ3) is 4.79. The van der Waals surface area contributed by atoms with Gasteiger partial charge < -0.3 is 29.3 Å². The molecule has 1 saturated heterocycles. The zero-order valence-corrected chi connectivity index (χ0v) is 18.4. The van der Waals surface area contributed by atoms with Gasteiger partial charge in [0.2, 0.25) is 5.75 Å². The summed E-state index contributed by atoms with van der Waals surface area (Å²) < 4.78 is 23.5. The molecule has 1 fully saturated rings. The summed E-state index contributed by atoms with van der Waals surface area (Å²) in [5.74, 6) is -1.59. The first-order chi connectivity index (χ1) is 14.8. The average Bonchev–Trinajstić information content (AvgIpc) is 3.08. The Balaban J connectivity index is 1.92. The van der Waals surface area contributed by atoms with Crippen LogP contribution >= 0.6 is 7.60 Å². The molecule has 31 heavy (non-hydrogen) atoms. The molecule has 0 aromatic heterocycles. The molecule has 3 N–H and O–H groups in total. The molecule has 9 nitrogen and oxygen atoms in total. The van der Waals surface area contributed by atoms with Gasteiger partial charge >= 0.3 is 13.6 Å². The summed E-state index contributed by atoms with van der Waals surface area (Å²) in [5, 5.41) is 30.1. The topological polar surface area (TPSA) is 120 Å². The van der Waals surface area contributed by atoms with Gasteiger partial charge in [0.25, 0.3) is 0 Å². The normalized spacial score (nSPS) is 16.8. The summed E-state index contributed by atoms with van der Waals surface area (Å²) in [5.41, 5.74) is 0.887. The number of anilines is 1. The number of phenolic OH excluding ortho intramolecular Hbond substituents is 3. The summed E-state index contributed by atoms with van der Waals surface area (Å²) in [7, 11) is -3.34. The van der Waals surface area contributed by atoms with Crippen LogP contribution in [0.1, 0.15) is 25.5 Å². The summed E-state index contributed by atoms with van der Waals surface area (Å²) in [6, 6.07) is 10.7. The number of amides is 2. The number of rotatable bonds is 9. The van der Waals surface area contributed by atoms with Crippen LogP contribution in [0.15, 0.2) is 42.5 Å². The maximum absolute atomic E-state index is 13.3. The van der Waals surface area contributed by atoms with Crippen molar-refractivity contribution in [1.29, 1.82) is 0 Å². The van der Waals surface area contributed by atoms with Crippen LogP contribution in [0.3, 0.4) is 0 Å². The van der Waals surface area contributed by atoms with Gasteiger partial charge in [-0.05, 0) is 38.1 Å². The van der Waals surface area contributed by atoms with Gasteiger partial charge in [-0.15, -0.1) is 0 Å². The van der Waals surface area contributed by atoms with Gasteiger partial charge in [0.1, 0.15) is 0 Å². The van der Waals surface area contributed by atoms with E-state index < -0.39 is 30.9 Å². The second-order valence-corrected chi connectivity index (χ2v) is 9.18. The van der Waals surface area contributed by atoms with Crippen LogP contribution in [0.2, 0.25) is 0 Å². The number of aromatic hydroxyl groups is 3. The van der Waals surface area contributed by atoms with Crippen LogP contribution in [0.5, 0.6) is 17.2 Å². The van der Waals surface area contributed by atoms with Crippen molar-refractivity contribution in [3.05, 3.63) is 48.0 Å². The molecular formula is C21H27N2O7P. The Labute approximate surface area is 181 Å². The molecule has 0 saturated carbocycles. The van der Waals surface area contributed by atoms with E-state index in [2.05, 4.69) is 0 Å². The van der Waals surface area contributed by atoms with E-state index in [1.165, 1.54) is 21.9 Å². The van der Waals surface area contributed by atoms with Gasteiger partial charge in [0.15, 0.2) is 11.5 Å². The molecular weight excluding hydrogens is 423 g/mol. The number of phenols is 3. The number of para-hydroxylation sites is 1. The fourth-order valence-electron chi connectivity index (χ4n) is 3.61. The van der Waals surface area contributed by atoms with Gasteiger partial charge in [0, 0.05) is 24.3 Å². The zero-order valence-electron chi connectivity index (χ0n) is 17.5. The molecule has 1 heterocycles. The van der Waals surface area contributed by atoms with E-state index >= 15 is 0 Å². The molecule has 0 spiro atoms. The fraction of sp³-hybridized carbons (Fsp3) is 0.381. The van der Waals surface area contributed by atoms with Crippen molar-refractivity contribution in [2.45, 2.75) is 19.9 Å². The molecule has 1 unspecified atom stereocenters. The van der Waals surface area contributed by atoms with Gasteiger partial charge in [-0.2, -0.15) is 0 Å². The quantitative estimate of drug-likeness (QED) is 0.389. The van der Waals surface area contributed by atoms with Gasteiger partial charge in [-0.3, -0.25) is 9.46 Å². The number of urea groups is 1. The van der Waals surface area contributed by atoms with Gasteiger partial charge in [-0.1, -0.05) is 18.2 Å². The molecule has 2 aromatic rings. The van der Waals surface area contributed by atoms with Crippen molar-refractivity contribution >= 4 is 19.3 Å². The van der Waals surface area contributed by atoms with E-state index in [1.54, 1.807) is 38.1 Å². The number of hydrogen-bond acceptors (Lipinski definition) is 7. The highest BCUT2D eigenvalue weighted by Gasteiger charge is 2.41. The lowest BCUT2D eigenvalue weighted by molar-refractivity contribution is 0.210. The average molecular weight is 450 g/mol. The molecule has 0 aliphatic carbocycles. The molecule has 2 amide bonds. The summed E-state index contributed by atoms with van der Waals surface area (Å²) in [6.07, 6.45) is 0.0303. The third-order valence-corrected chi connectivity index (χ3v) is 7.08. The first kappa shape index (κ1) is 22.9. The second-order valence-electron chi connectivity index (χ2n) is 6.99. The Morgan fingerprint density at radius 1 is 1.00 bits per heavy atom. The minimum absolute atomic E-state index is 0.0303. The maximum Gasteiger partial charge on any atom is 0.332 e. The molecule has 2 aromatic carbocycles. The monoisotopic (exact) mass is 450 g/mol. The van der Waals surface area contributed by atoms with Crippen LogP contribution in [0.4, 0.5) is 10.5 Å². The third-order valence-electron chi connectivity index (χ3n) is 5.03. The zero-order chi connectivity index (χ0) is 22.6. The van der Waals surface area contributed by atoms with Crippen molar-refractivity contribution in [3.8, 4) is 17.2 Å². The SMILES string of the molecule is CCOP(=O)(CCN1CC(c2ccc(O)c(O)c2O)N(c2ccccc2)C1=O)OCC. The molecule has 1 aliphatic heterocycles. The van der Waals surface area contributed by atoms with E-state index in [0.29, 0.717) is 5.69 Å². The maximum atomic E-state index is 13.3. The lowest BCUT2D eigenvalue weighted by atomic mass is 10.0. The standard InChI is InChI=1S/C21H27N2O7P/c1-3-29-31(28,30-4-2)13-12-22-14-17(16-10-11-18(24)20(26)19(16)25)23(21(22)27)15-8-6-5-7-9-15/h5-11,17,24-26H,3-4,12-14H2,1-2H3. The lowest BCUT2D eigenvalue weighted by Crippen LogP contribution is -2.34. The Morgan fingerprint density at radius 2 is 1.65 bits per heavy atom. The molecule has 0 bridgehead atoms. The van der Waals surface area contributed by atoms with E-state index in [-0.39, 0.29) is 44.1 Å². The lowest BCUT2D eigenvalue weighted by Gasteiger charge is -2.24. The summed E-state index contributed by atoms with van der Waals surface area (Å²) in [4.78, 5) is 16.3. The molecule has 3 rings (SSSR count). The first-order valence-corrected chi connectivity index (χ1v) is 11.8. The molecule has 168 valence electrons. The van der Waals surface area contributed by atoms with Crippen molar-refractivity contribution < 1.29 is 33.7 Å². The van der Waals surface area contributed by atoms with E-state index in [4.69, 9.17) is 9.05 Å². The number of benzene rings is 2. The number of carbonyl (C=O) groups is 1. The van der Waals surface area contributed by atoms with Crippen molar-refractivity contribution in [2.75, 3.05) is 37.4 Å².